The third kappa shape index (κ3) is 4.17. The van der Waals surface area contributed by atoms with Crippen molar-refractivity contribution in [2.75, 3.05) is 17.7 Å². The van der Waals surface area contributed by atoms with E-state index in [-0.39, 0.29) is 0 Å². The monoisotopic (exact) mass is 449 g/mol. The number of hydrogen-bond acceptors (Lipinski definition) is 5. The molecule has 2 amide bonds. The quantitative estimate of drug-likeness (QED) is 0.418. The normalized spacial score (nSPS) is 10.8. The van der Waals surface area contributed by atoms with Crippen LogP contribution < -0.4 is 15.4 Å². The van der Waals surface area contributed by atoms with Crippen molar-refractivity contribution >= 4 is 44.7 Å². The number of para-hydroxylation sites is 1. The molecule has 0 aliphatic carbocycles. The Balaban J connectivity index is 1.78. The lowest BCUT2D eigenvalue weighted by atomic mass is 10.1. The first-order valence-electron chi connectivity index (χ1n) is 9.79. The van der Waals surface area contributed by atoms with Crippen molar-refractivity contribution in [2.45, 2.75) is 13.8 Å². The highest BCUT2D eigenvalue weighted by atomic mass is 32.1. The molecule has 0 aliphatic heterocycles. The molecule has 0 fully saturated rings. The predicted octanol–water partition coefficient (Wildman–Crippen LogP) is 5.57. The smallest absolute Gasteiger partial charge is 0.267 e. The van der Waals surface area contributed by atoms with Crippen LogP contribution in [0.25, 0.3) is 10.2 Å². The van der Waals surface area contributed by atoms with Crippen molar-refractivity contribution in [3.63, 3.8) is 0 Å². The van der Waals surface area contributed by atoms with Crippen LogP contribution in [0.2, 0.25) is 0 Å². The van der Waals surface area contributed by atoms with Crippen LogP contribution >= 0.6 is 11.3 Å². The van der Waals surface area contributed by atoms with Crippen LogP contribution in [0.15, 0.2) is 54.6 Å². The van der Waals surface area contributed by atoms with Crippen molar-refractivity contribution in [1.29, 1.82) is 0 Å². The second kappa shape index (κ2) is 8.76. The van der Waals surface area contributed by atoms with E-state index in [9.17, 15) is 14.0 Å². The molecule has 32 heavy (non-hydrogen) atoms. The number of amides is 2. The molecule has 2 N–H and O–H groups in total. The van der Waals surface area contributed by atoms with Crippen LogP contribution in [0.3, 0.4) is 0 Å². The zero-order valence-electron chi connectivity index (χ0n) is 17.7. The number of fused-ring (bicyclic) bond motifs is 1. The van der Waals surface area contributed by atoms with Crippen LogP contribution in [0.5, 0.6) is 5.75 Å². The number of ether oxygens (including phenoxy) is 1. The number of anilines is 2. The SMILES string of the molecule is COc1ccccc1C(=O)Nc1c(C(=O)Nc2ccc(F)cc2)sc2nc(C)cc(C)c12. The number of halogens is 1. The largest absolute Gasteiger partial charge is 0.496 e. The van der Waals surface area contributed by atoms with Crippen molar-refractivity contribution in [1.82, 2.24) is 4.98 Å². The summed E-state index contributed by atoms with van der Waals surface area (Å²) in [6.07, 6.45) is 0. The van der Waals surface area contributed by atoms with E-state index in [4.69, 9.17) is 4.74 Å². The maximum atomic E-state index is 13.2. The Bertz CT molecular complexity index is 1330. The summed E-state index contributed by atoms with van der Waals surface area (Å²) in [6.45, 7) is 3.78. The van der Waals surface area contributed by atoms with E-state index in [1.54, 1.807) is 24.3 Å². The molecule has 2 aromatic carbocycles. The summed E-state index contributed by atoms with van der Waals surface area (Å²) in [7, 11) is 1.49. The number of hydrogen-bond donors (Lipinski definition) is 2. The van der Waals surface area contributed by atoms with Crippen LogP contribution in [-0.2, 0) is 0 Å². The standard InChI is InChI=1S/C24H20FN3O3S/c1-13-12-14(2)26-24-19(13)20(28-22(29)17-6-4-5-7-18(17)31-3)21(32-24)23(30)27-16-10-8-15(25)9-11-16/h4-12H,1-3H3,(H,27,30)(H,28,29). The van der Waals surface area contributed by atoms with E-state index in [0.717, 1.165) is 11.3 Å². The minimum Gasteiger partial charge on any atom is -0.496 e. The van der Waals surface area contributed by atoms with Crippen molar-refractivity contribution < 1.29 is 18.7 Å². The third-order valence-corrected chi connectivity index (χ3v) is 5.97. The highest BCUT2D eigenvalue weighted by Gasteiger charge is 2.24. The molecule has 2 heterocycles. The van der Waals surface area contributed by atoms with Crippen LogP contribution in [-0.4, -0.2) is 23.9 Å². The Hall–Kier alpha value is -3.78. The zero-order valence-corrected chi connectivity index (χ0v) is 18.5. The molecular formula is C24H20FN3O3S. The van der Waals surface area contributed by atoms with Gasteiger partial charge in [0.15, 0.2) is 0 Å². The number of benzene rings is 2. The Morgan fingerprint density at radius 2 is 1.72 bits per heavy atom. The highest BCUT2D eigenvalue weighted by Crippen LogP contribution is 2.38. The number of aromatic nitrogens is 1. The average Bonchev–Trinajstić information content (AvgIpc) is 3.13. The molecule has 0 atom stereocenters. The molecule has 8 heteroatoms. The molecule has 0 radical (unpaired) electrons. The summed E-state index contributed by atoms with van der Waals surface area (Å²) in [4.78, 5) is 31.7. The minimum atomic E-state index is -0.424. The number of aryl methyl sites for hydroxylation is 2. The first kappa shape index (κ1) is 21.5. The van der Waals surface area contributed by atoms with Crippen molar-refractivity contribution in [2.24, 2.45) is 0 Å². The molecule has 0 saturated heterocycles. The molecule has 0 bridgehead atoms. The lowest BCUT2D eigenvalue weighted by Crippen LogP contribution is -2.17. The van der Waals surface area contributed by atoms with Crippen LogP contribution in [0.1, 0.15) is 31.3 Å². The van der Waals surface area contributed by atoms with E-state index in [2.05, 4.69) is 15.6 Å². The van der Waals surface area contributed by atoms with E-state index < -0.39 is 17.6 Å². The molecule has 0 aliphatic rings. The Morgan fingerprint density at radius 1 is 1.00 bits per heavy atom. The first-order valence-corrected chi connectivity index (χ1v) is 10.6. The molecule has 0 spiro atoms. The fourth-order valence-corrected chi connectivity index (χ4v) is 4.60. The van der Waals surface area contributed by atoms with Gasteiger partial charge in [0.05, 0.1) is 18.4 Å². The summed E-state index contributed by atoms with van der Waals surface area (Å²) in [5.41, 5.74) is 2.86. The molecule has 4 rings (SSSR count). The molecule has 0 saturated carbocycles. The molecule has 6 nitrogen and oxygen atoms in total. The maximum absolute atomic E-state index is 13.2. The average molecular weight is 450 g/mol. The van der Waals surface area contributed by atoms with Gasteiger partial charge < -0.3 is 15.4 Å². The number of rotatable bonds is 5. The number of nitrogens with one attached hydrogen (secondary N) is 2. The van der Waals surface area contributed by atoms with Gasteiger partial charge in [-0.15, -0.1) is 11.3 Å². The number of carbonyl (C=O) groups excluding carboxylic acids is 2. The van der Waals surface area contributed by atoms with E-state index >= 15 is 0 Å². The molecular weight excluding hydrogens is 429 g/mol. The summed E-state index contributed by atoms with van der Waals surface area (Å²) < 4.78 is 18.5. The molecule has 2 aromatic heterocycles. The van der Waals surface area contributed by atoms with E-state index in [0.29, 0.717) is 37.8 Å². The Morgan fingerprint density at radius 3 is 2.44 bits per heavy atom. The van der Waals surface area contributed by atoms with Crippen molar-refractivity contribution in [3.8, 4) is 5.75 Å². The molecule has 0 unspecified atom stereocenters. The second-order valence-corrected chi connectivity index (χ2v) is 8.18. The Kier molecular flexibility index (Phi) is 5.87. The summed E-state index contributed by atoms with van der Waals surface area (Å²) in [5, 5.41) is 6.35. The summed E-state index contributed by atoms with van der Waals surface area (Å²) >= 11 is 1.19. The van der Waals surface area contributed by atoms with Gasteiger partial charge >= 0.3 is 0 Å². The van der Waals surface area contributed by atoms with Gasteiger partial charge in [0, 0.05) is 16.8 Å². The van der Waals surface area contributed by atoms with Gasteiger partial charge in [-0.05, 0) is 61.9 Å². The van der Waals surface area contributed by atoms with Crippen LogP contribution in [0.4, 0.5) is 15.8 Å². The first-order chi connectivity index (χ1) is 15.4. The summed E-state index contributed by atoms with van der Waals surface area (Å²) in [5.74, 6) is -0.803. The van der Waals surface area contributed by atoms with Gasteiger partial charge in [0.1, 0.15) is 21.3 Å². The zero-order chi connectivity index (χ0) is 22.8. The Labute approximate surface area is 188 Å². The molecule has 4 aromatic rings. The lowest BCUT2D eigenvalue weighted by Gasteiger charge is -2.11. The van der Waals surface area contributed by atoms with Gasteiger partial charge in [0.2, 0.25) is 0 Å². The van der Waals surface area contributed by atoms with Crippen LogP contribution in [0, 0.1) is 19.7 Å². The topological polar surface area (TPSA) is 80.3 Å². The number of thiophene rings is 1. The number of methoxy groups -OCH3 is 1. The number of pyridine rings is 1. The van der Waals surface area contributed by atoms with Crippen molar-refractivity contribution in [3.05, 3.63) is 82.1 Å². The fourth-order valence-electron chi connectivity index (χ4n) is 3.46. The maximum Gasteiger partial charge on any atom is 0.267 e. The number of carbonyl (C=O) groups is 2. The number of nitrogens with zero attached hydrogens (tertiary/aromatic N) is 1. The van der Waals surface area contributed by atoms with Gasteiger partial charge in [-0.1, -0.05) is 12.1 Å². The van der Waals surface area contributed by atoms with Gasteiger partial charge in [0.25, 0.3) is 11.8 Å². The minimum absolute atomic E-state index is 0.300. The van der Waals surface area contributed by atoms with E-state index in [1.807, 2.05) is 19.9 Å². The van der Waals surface area contributed by atoms with Gasteiger partial charge in [-0.3, -0.25) is 9.59 Å². The van der Waals surface area contributed by atoms with Gasteiger partial charge in [-0.2, -0.15) is 0 Å². The lowest BCUT2D eigenvalue weighted by molar-refractivity contribution is 0.102. The predicted molar refractivity (Wildman–Crippen MR) is 124 cm³/mol. The van der Waals surface area contributed by atoms with Gasteiger partial charge in [-0.25, -0.2) is 9.37 Å². The summed E-state index contributed by atoms with van der Waals surface area (Å²) in [6, 6.07) is 14.2. The fraction of sp³-hybridized carbons (Fsp3) is 0.125. The second-order valence-electron chi connectivity index (χ2n) is 7.18. The van der Waals surface area contributed by atoms with E-state index in [1.165, 1.54) is 42.7 Å². The third-order valence-electron chi connectivity index (χ3n) is 4.89. The highest BCUT2D eigenvalue weighted by molar-refractivity contribution is 7.21. The molecule has 162 valence electrons.